The van der Waals surface area contributed by atoms with Crippen LogP contribution in [0.3, 0.4) is 0 Å². The molecule has 1 aliphatic rings. The maximum Gasteiger partial charge on any atom is 0.177 e. The van der Waals surface area contributed by atoms with Gasteiger partial charge < -0.3 is 4.74 Å². The molecule has 2 nitrogen and oxygen atoms in total. The largest absolute Gasteiger partial charge is 0.363 e. The zero-order valence-electron chi connectivity index (χ0n) is 6.46. The highest BCUT2D eigenvalue weighted by Gasteiger charge is 2.37. The Balaban J connectivity index is 3.02. The Hall–Kier alpha value is -0.480. The Labute approximate surface area is 78.2 Å². The number of aldehydes is 1. The van der Waals surface area contributed by atoms with Gasteiger partial charge in [-0.1, -0.05) is 15.9 Å². The summed E-state index contributed by atoms with van der Waals surface area (Å²) in [4.78, 5) is 10.6. The lowest BCUT2D eigenvalue weighted by atomic mass is 9.95. The van der Waals surface area contributed by atoms with Crippen LogP contribution in [0.2, 0.25) is 0 Å². The second kappa shape index (κ2) is 3.49. The number of alkyl halides is 1. The molecule has 0 saturated carbocycles. The van der Waals surface area contributed by atoms with E-state index in [1.54, 1.807) is 6.08 Å². The fourth-order valence-corrected chi connectivity index (χ4v) is 1.50. The van der Waals surface area contributed by atoms with Crippen molar-refractivity contribution in [3.8, 4) is 0 Å². The summed E-state index contributed by atoms with van der Waals surface area (Å²) in [6, 6.07) is 0. The number of hydrogen-bond acceptors (Lipinski definition) is 2. The first kappa shape index (κ1) is 9.61. The molecule has 1 aliphatic carbocycles. The molecule has 0 saturated heterocycles. The average Bonchev–Trinajstić information content (AvgIpc) is 2.09. The lowest BCUT2D eigenvalue weighted by molar-refractivity contribution is -0.127. The number of allylic oxidation sites excluding steroid dienone is 2. The molecular formula is C8H8BrFO2. The van der Waals surface area contributed by atoms with Gasteiger partial charge in [0.1, 0.15) is 0 Å². The van der Waals surface area contributed by atoms with Gasteiger partial charge in [-0.05, 0) is 18.2 Å². The minimum absolute atomic E-state index is 0.461. The van der Waals surface area contributed by atoms with Crippen LogP contribution in [0.25, 0.3) is 0 Å². The summed E-state index contributed by atoms with van der Waals surface area (Å²) in [5.41, 5.74) is -1.45. The monoisotopic (exact) mass is 234 g/mol. The maximum atomic E-state index is 13.2. The van der Waals surface area contributed by atoms with Crippen molar-refractivity contribution in [3.63, 3.8) is 0 Å². The molecule has 0 aromatic heterocycles. The van der Waals surface area contributed by atoms with E-state index in [0.717, 1.165) is 0 Å². The number of carbonyl (C=O) groups excluding carboxylic acids is 1. The Morgan fingerprint density at radius 2 is 2.50 bits per heavy atom. The van der Waals surface area contributed by atoms with Gasteiger partial charge in [-0.25, -0.2) is 4.39 Å². The van der Waals surface area contributed by atoms with Crippen molar-refractivity contribution >= 4 is 22.2 Å². The second-order valence-corrected chi connectivity index (χ2v) is 3.38. The third kappa shape index (κ3) is 1.49. The highest BCUT2D eigenvalue weighted by Crippen LogP contribution is 2.28. The van der Waals surface area contributed by atoms with Gasteiger partial charge in [0.05, 0.1) is 0 Å². The van der Waals surface area contributed by atoms with Crippen LogP contribution >= 0.6 is 15.9 Å². The van der Waals surface area contributed by atoms with Gasteiger partial charge in [0.2, 0.25) is 0 Å². The molecule has 4 heteroatoms. The van der Waals surface area contributed by atoms with Crippen LogP contribution in [0.5, 0.6) is 0 Å². The highest BCUT2D eigenvalue weighted by atomic mass is 79.9. The molecule has 0 aliphatic heterocycles. The van der Waals surface area contributed by atoms with Crippen molar-refractivity contribution in [2.75, 3.05) is 7.11 Å². The van der Waals surface area contributed by atoms with Crippen LogP contribution in [-0.4, -0.2) is 25.2 Å². The molecule has 0 heterocycles. The van der Waals surface area contributed by atoms with E-state index in [9.17, 15) is 9.18 Å². The van der Waals surface area contributed by atoms with Crippen LogP contribution in [0.15, 0.2) is 22.7 Å². The highest BCUT2D eigenvalue weighted by molar-refractivity contribution is 9.11. The SMILES string of the molecule is COC1(C=O)C=C(Br)C=CC1F. The van der Waals surface area contributed by atoms with Crippen molar-refractivity contribution in [2.45, 2.75) is 11.8 Å². The standard InChI is InChI=1S/C8H8BrFO2/c1-12-8(5-11)4-6(9)2-3-7(8)10/h2-5,7H,1H3. The van der Waals surface area contributed by atoms with Gasteiger partial charge in [0, 0.05) is 11.6 Å². The van der Waals surface area contributed by atoms with Crippen LogP contribution in [0.4, 0.5) is 4.39 Å². The fourth-order valence-electron chi connectivity index (χ4n) is 0.989. The van der Waals surface area contributed by atoms with E-state index < -0.39 is 11.8 Å². The molecule has 2 unspecified atom stereocenters. The molecule has 0 N–H and O–H groups in total. The van der Waals surface area contributed by atoms with Gasteiger partial charge >= 0.3 is 0 Å². The fraction of sp³-hybridized carbons (Fsp3) is 0.375. The molecular weight excluding hydrogens is 227 g/mol. The molecule has 0 spiro atoms. The van der Waals surface area contributed by atoms with Gasteiger partial charge in [-0.15, -0.1) is 0 Å². The number of hydrogen-bond donors (Lipinski definition) is 0. The molecule has 1 rings (SSSR count). The number of ether oxygens (including phenoxy) is 1. The van der Waals surface area contributed by atoms with E-state index in [2.05, 4.69) is 15.9 Å². The third-order valence-corrected chi connectivity index (χ3v) is 2.25. The van der Waals surface area contributed by atoms with E-state index in [1.807, 2.05) is 0 Å². The molecule has 0 aromatic carbocycles. The van der Waals surface area contributed by atoms with E-state index in [0.29, 0.717) is 10.8 Å². The van der Waals surface area contributed by atoms with Crippen LogP contribution in [0.1, 0.15) is 0 Å². The van der Waals surface area contributed by atoms with Crippen molar-refractivity contribution in [3.05, 3.63) is 22.7 Å². The lowest BCUT2D eigenvalue weighted by Gasteiger charge is -2.27. The zero-order valence-corrected chi connectivity index (χ0v) is 8.05. The third-order valence-electron chi connectivity index (χ3n) is 1.76. The molecule has 0 bridgehead atoms. The van der Waals surface area contributed by atoms with Crippen molar-refractivity contribution in [2.24, 2.45) is 0 Å². The smallest absolute Gasteiger partial charge is 0.177 e. The first-order valence-corrected chi connectivity index (χ1v) is 4.16. The second-order valence-electron chi connectivity index (χ2n) is 2.47. The molecule has 12 heavy (non-hydrogen) atoms. The predicted octanol–water partition coefficient (Wildman–Crippen LogP) is 1.76. The summed E-state index contributed by atoms with van der Waals surface area (Å²) in [6.45, 7) is 0. The van der Waals surface area contributed by atoms with Gasteiger partial charge in [0.25, 0.3) is 0 Å². The molecule has 66 valence electrons. The summed E-state index contributed by atoms with van der Waals surface area (Å²) in [6.07, 6.45) is 3.28. The molecule has 0 aromatic rings. The number of rotatable bonds is 2. The van der Waals surface area contributed by atoms with Crippen LogP contribution in [-0.2, 0) is 9.53 Å². The summed E-state index contributed by atoms with van der Waals surface area (Å²) >= 11 is 3.14. The Bertz CT molecular complexity index is 249. The van der Waals surface area contributed by atoms with Gasteiger partial charge in [-0.3, -0.25) is 4.79 Å². The predicted molar refractivity (Wildman–Crippen MR) is 46.9 cm³/mol. The summed E-state index contributed by atoms with van der Waals surface area (Å²) in [7, 11) is 1.30. The van der Waals surface area contributed by atoms with Crippen molar-refractivity contribution < 1.29 is 13.9 Å². The molecule has 0 fully saturated rings. The van der Waals surface area contributed by atoms with Crippen LogP contribution < -0.4 is 0 Å². The first-order valence-electron chi connectivity index (χ1n) is 3.37. The van der Waals surface area contributed by atoms with E-state index in [-0.39, 0.29) is 0 Å². The van der Waals surface area contributed by atoms with Crippen LogP contribution in [0, 0.1) is 0 Å². The molecule has 2 atom stereocenters. The maximum absolute atomic E-state index is 13.2. The number of halogens is 2. The Morgan fingerprint density at radius 1 is 1.83 bits per heavy atom. The zero-order chi connectivity index (χ0) is 9.19. The Kier molecular flexibility index (Phi) is 2.80. The van der Waals surface area contributed by atoms with Gasteiger partial charge in [0.15, 0.2) is 18.1 Å². The quantitative estimate of drug-likeness (QED) is 0.681. The molecule has 0 radical (unpaired) electrons. The summed E-state index contributed by atoms with van der Waals surface area (Å²) in [5, 5.41) is 0. The van der Waals surface area contributed by atoms with E-state index >= 15 is 0 Å². The first-order chi connectivity index (χ1) is 5.64. The van der Waals surface area contributed by atoms with Crippen molar-refractivity contribution in [1.29, 1.82) is 0 Å². The Morgan fingerprint density at radius 3 is 2.92 bits per heavy atom. The normalized spacial score (nSPS) is 34.6. The van der Waals surface area contributed by atoms with Crippen molar-refractivity contribution in [1.82, 2.24) is 0 Å². The minimum atomic E-state index is -1.45. The summed E-state index contributed by atoms with van der Waals surface area (Å²) < 4.78 is 18.6. The van der Waals surface area contributed by atoms with Gasteiger partial charge in [-0.2, -0.15) is 0 Å². The summed E-state index contributed by atoms with van der Waals surface area (Å²) in [5.74, 6) is 0. The average molecular weight is 235 g/mol. The van der Waals surface area contributed by atoms with E-state index in [4.69, 9.17) is 4.74 Å². The minimum Gasteiger partial charge on any atom is -0.363 e. The number of carbonyl (C=O) groups is 1. The molecule has 0 amide bonds. The number of methoxy groups -OCH3 is 1. The topological polar surface area (TPSA) is 26.3 Å². The van der Waals surface area contributed by atoms with E-state index in [1.165, 1.54) is 19.3 Å². The lowest BCUT2D eigenvalue weighted by Crippen LogP contribution is -2.41.